The lowest BCUT2D eigenvalue weighted by molar-refractivity contribution is -0.274. The van der Waals surface area contributed by atoms with Crippen molar-refractivity contribution in [1.82, 2.24) is 4.98 Å². The lowest BCUT2D eigenvalue weighted by Crippen LogP contribution is -2.17. The number of rotatable bonds is 2. The molecule has 2 aromatic rings. The molecule has 0 spiro atoms. The largest absolute Gasteiger partial charge is 0.573 e. The van der Waals surface area contributed by atoms with Crippen molar-refractivity contribution in [1.29, 1.82) is 0 Å². The first-order chi connectivity index (χ1) is 8.47. The maximum Gasteiger partial charge on any atom is 0.573 e. The fourth-order valence-electron chi connectivity index (χ4n) is 1.48. The number of aromatic nitrogens is 1. The molecular formula is C12H7F3INO. The standard InChI is InChI=1S/C12H7F3INO/c13-12(14,15)18-11-4-2-1-3-8(11)9-7-17-6-5-10(9)16/h1-7H. The number of halogens is 4. The van der Waals surface area contributed by atoms with Crippen LogP contribution in [0.4, 0.5) is 13.2 Å². The van der Waals surface area contributed by atoms with Gasteiger partial charge in [0.2, 0.25) is 0 Å². The zero-order valence-electron chi connectivity index (χ0n) is 8.91. The van der Waals surface area contributed by atoms with E-state index in [4.69, 9.17) is 0 Å². The molecule has 0 aliphatic rings. The SMILES string of the molecule is FC(F)(F)Oc1ccccc1-c1cnccc1I. The van der Waals surface area contributed by atoms with Gasteiger partial charge in [-0.3, -0.25) is 4.98 Å². The molecule has 2 rings (SSSR count). The van der Waals surface area contributed by atoms with Gasteiger partial charge in [0, 0.05) is 27.1 Å². The molecule has 6 heteroatoms. The topological polar surface area (TPSA) is 22.1 Å². The summed E-state index contributed by atoms with van der Waals surface area (Å²) in [5, 5.41) is 0. The van der Waals surface area contributed by atoms with E-state index in [1.54, 1.807) is 24.4 Å². The number of para-hydroxylation sites is 1. The van der Waals surface area contributed by atoms with Crippen molar-refractivity contribution < 1.29 is 17.9 Å². The molecule has 18 heavy (non-hydrogen) atoms. The molecule has 94 valence electrons. The number of nitrogens with zero attached hydrogens (tertiary/aromatic N) is 1. The van der Waals surface area contributed by atoms with Gasteiger partial charge in [-0.1, -0.05) is 18.2 Å². The van der Waals surface area contributed by atoms with E-state index >= 15 is 0 Å². The van der Waals surface area contributed by atoms with Crippen LogP contribution in [0.2, 0.25) is 0 Å². The number of hydrogen-bond donors (Lipinski definition) is 0. The first kappa shape index (κ1) is 13.1. The van der Waals surface area contributed by atoms with E-state index in [2.05, 4.69) is 9.72 Å². The number of benzene rings is 1. The van der Waals surface area contributed by atoms with Crippen LogP contribution in [-0.4, -0.2) is 11.3 Å². The van der Waals surface area contributed by atoms with Gasteiger partial charge in [-0.2, -0.15) is 0 Å². The van der Waals surface area contributed by atoms with Gasteiger partial charge in [0.05, 0.1) is 0 Å². The maximum absolute atomic E-state index is 12.3. The van der Waals surface area contributed by atoms with Crippen molar-refractivity contribution in [2.24, 2.45) is 0 Å². The fourth-order valence-corrected chi connectivity index (χ4v) is 2.07. The van der Waals surface area contributed by atoms with Gasteiger partial charge >= 0.3 is 6.36 Å². The molecule has 0 aliphatic carbocycles. The van der Waals surface area contributed by atoms with Gasteiger partial charge in [-0.25, -0.2) is 0 Å². The van der Waals surface area contributed by atoms with E-state index in [-0.39, 0.29) is 5.75 Å². The zero-order valence-corrected chi connectivity index (χ0v) is 11.1. The predicted molar refractivity (Wildman–Crippen MR) is 69.1 cm³/mol. The Bertz CT molecular complexity index is 557. The van der Waals surface area contributed by atoms with Gasteiger partial charge in [0.1, 0.15) is 5.75 Å². The molecule has 1 aromatic carbocycles. The van der Waals surface area contributed by atoms with Crippen LogP contribution in [0.1, 0.15) is 0 Å². The average molecular weight is 365 g/mol. The van der Waals surface area contributed by atoms with Gasteiger partial charge < -0.3 is 4.74 Å². The molecule has 0 atom stereocenters. The highest BCUT2D eigenvalue weighted by Crippen LogP contribution is 2.35. The Morgan fingerprint density at radius 3 is 2.44 bits per heavy atom. The van der Waals surface area contributed by atoms with Crippen LogP contribution in [0, 0.1) is 3.57 Å². The number of alkyl halides is 3. The molecule has 2 nitrogen and oxygen atoms in total. The van der Waals surface area contributed by atoms with Gasteiger partial charge in [0.15, 0.2) is 0 Å². The summed E-state index contributed by atoms with van der Waals surface area (Å²) in [7, 11) is 0. The highest BCUT2D eigenvalue weighted by Gasteiger charge is 2.32. The molecule has 0 amide bonds. The zero-order chi connectivity index (χ0) is 13.2. The molecule has 0 fully saturated rings. The Morgan fingerprint density at radius 2 is 1.78 bits per heavy atom. The maximum atomic E-state index is 12.3. The summed E-state index contributed by atoms with van der Waals surface area (Å²) < 4.78 is 41.7. The highest BCUT2D eigenvalue weighted by molar-refractivity contribution is 14.1. The van der Waals surface area contributed by atoms with E-state index in [1.807, 2.05) is 22.6 Å². The third kappa shape index (κ3) is 3.12. The van der Waals surface area contributed by atoms with E-state index in [0.29, 0.717) is 11.1 Å². The summed E-state index contributed by atoms with van der Waals surface area (Å²) in [6.07, 6.45) is -1.61. The van der Waals surface area contributed by atoms with Crippen molar-refractivity contribution in [3.63, 3.8) is 0 Å². The van der Waals surface area contributed by atoms with Crippen LogP contribution >= 0.6 is 22.6 Å². The number of hydrogen-bond acceptors (Lipinski definition) is 2. The Labute approximate surface area is 115 Å². The second kappa shape index (κ2) is 5.13. The summed E-state index contributed by atoms with van der Waals surface area (Å²) in [4.78, 5) is 3.92. The third-order valence-electron chi connectivity index (χ3n) is 2.17. The van der Waals surface area contributed by atoms with Crippen molar-refractivity contribution in [2.75, 3.05) is 0 Å². The second-order valence-electron chi connectivity index (χ2n) is 3.40. The first-order valence-corrected chi connectivity index (χ1v) is 6.00. The number of pyridine rings is 1. The van der Waals surface area contributed by atoms with E-state index in [0.717, 1.165) is 3.57 Å². The molecular weight excluding hydrogens is 358 g/mol. The summed E-state index contributed by atoms with van der Waals surface area (Å²) in [5.74, 6) is -0.226. The quantitative estimate of drug-likeness (QED) is 0.743. The molecule has 1 aromatic heterocycles. The lowest BCUT2D eigenvalue weighted by atomic mass is 10.1. The first-order valence-electron chi connectivity index (χ1n) is 4.92. The van der Waals surface area contributed by atoms with Crippen LogP contribution < -0.4 is 4.74 Å². The van der Waals surface area contributed by atoms with Gasteiger partial charge in [-0.15, -0.1) is 13.2 Å². The van der Waals surface area contributed by atoms with Crippen LogP contribution in [0.25, 0.3) is 11.1 Å². The lowest BCUT2D eigenvalue weighted by Gasteiger charge is -2.13. The van der Waals surface area contributed by atoms with Gasteiger partial charge in [0.25, 0.3) is 0 Å². The monoisotopic (exact) mass is 365 g/mol. The van der Waals surface area contributed by atoms with Crippen molar-refractivity contribution >= 4 is 22.6 Å². The van der Waals surface area contributed by atoms with Crippen molar-refractivity contribution in [3.05, 3.63) is 46.3 Å². The Balaban J connectivity index is 2.49. The normalized spacial score (nSPS) is 11.3. The average Bonchev–Trinajstić information content (AvgIpc) is 2.29. The van der Waals surface area contributed by atoms with E-state index in [9.17, 15) is 13.2 Å². The summed E-state index contributed by atoms with van der Waals surface area (Å²) in [6, 6.07) is 7.72. The minimum absolute atomic E-state index is 0.226. The van der Waals surface area contributed by atoms with Crippen LogP contribution in [0.3, 0.4) is 0 Å². The van der Waals surface area contributed by atoms with Crippen LogP contribution in [-0.2, 0) is 0 Å². The molecule has 0 bridgehead atoms. The Morgan fingerprint density at radius 1 is 1.06 bits per heavy atom. The van der Waals surface area contributed by atoms with Crippen molar-refractivity contribution in [3.8, 4) is 16.9 Å². The van der Waals surface area contributed by atoms with E-state index in [1.165, 1.54) is 18.3 Å². The summed E-state index contributed by atoms with van der Waals surface area (Å²) >= 11 is 2.04. The fraction of sp³-hybridized carbons (Fsp3) is 0.0833. The molecule has 1 heterocycles. The number of ether oxygens (including phenoxy) is 1. The molecule has 0 aliphatic heterocycles. The smallest absolute Gasteiger partial charge is 0.405 e. The molecule has 0 saturated carbocycles. The minimum atomic E-state index is -4.70. The van der Waals surface area contributed by atoms with Gasteiger partial charge in [-0.05, 0) is 34.7 Å². The highest BCUT2D eigenvalue weighted by atomic mass is 127. The molecule has 0 unspecified atom stereocenters. The predicted octanol–water partition coefficient (Wildman–Crippen LogP) is 4.25. The molecule has 0 saturated heterocycles. The van der Waals surface area contributed by atoms with Crippen LogP contribution in [0.5, 0.6) is 5.75 Å². The van der Waals surface area contributed by atoms with E-state index < -0.39 is 6.36 Å². The summed E-state index contributed by atoms with van der Waals surface area (Å²) in [5.41, 5.74) is 0.977. The molecule has 0 N–H and O–H groups in total. The molecule has 0 radical (unpaired) electrons. The second-order valence-corrected chi connectivity index (χ2v) is 4.56. The summed E-state index contributed by atoms with van der Waals surface area (Å²) in [6.45, 7) is 0. The van der Waals surface area contributed by atoms with Crippen LogP contribution in [0.15, 0.2) is 42.7 Å². The minimum Gasteiger partial charge on any atom is -0.405 e. The van der Waals surface area contributed by atoms with Crippen molar-refractivity contribution in [2.45, 2.75) is 6.36 Å². The Kier molecular flexibility index (Phi) is 3.74. The Hall–Kier alpha value is -1.31. The third-order valence-corrected chi connectivity index (χ3v) is 3.11.